The lowest BCUT2D eigenvalue weighted by atomic mass is 9.71. The molecule has 8 rings (SSSR count). The molecule has 3 heteroatoms. The van der Waals surface area contributed by atoms with Gasteiger partial charge in [0.15, 0.2) is 0 Å². The number of pyridine rings is 1. The number of nitrogens with zero attached hydrogens (tertiary/aromatic N) is 2. The predicted octanol–water partition coefficient (Wildman–Crippen LogP) is 7.19. The Kier molecular flexibility index (Phi) is 5.38. The maximum atomic E-state index is 12.1. The van der Waals surface area contributed by atoms with Crippen molar-refractivity contribution >= 4 is 32.4 Å². The molecular weight excluding hydrogens is 452 g/mol. The molecule has 3 aliphatic rings. The minimum absolute atomic E-state index is 0.137. The second-order valence-corrected chi connectivity index (χ2v) is 11.2. The Morgan fingerprint density at radius 2 is 1.59 bits per heavy atom. The van der Waals surface area contributed by atoms with Crippen molar-refractivity contribution in [2.75, 3.05) is 13.1 Å². The van der Waals surface area contributed by atoms with Crippen LogP contribution in [0, 0.1) is 11.8 Å². The molecule has 0 spiro atoms. The third-order valence-corrected chi connectivity index (χ3v) is 9.40. The summed E-state index contributed by atoms with van der Waals surface area (Å²) in [4.78, 5) is 4.57. The van der Waals surface area contributed by atoms with Crippen molar-refractivity contribution in [3.63, 3.8) is 0 Å². The zero-order valence-corrected chi connectivity index (χ0v) is 21.1. The highest BCUT2D eigenvalue weighted by atomic mass is 16.3. The molecule has 4 heterocycles. The quantitative estimate of drug-likeness (QED) is 0.162. The number of rotatable bonds is 5. The second-order valence-electron chi connectivity index (χ2n) is 11.2. The van der Waals surface area contributed by atoms with E-state index in [-0.39, 0.29) is 6.04 Å². The van der Waals surface area contributed by atoms with E-state index >= 15 is 0 Å². The largest absolute Gasteiger partial charge is 0.382 e. The van der Waals surface area contributed by atoms with E-state index < -0.39 is 6.10 Å². The fourth-order valence-electron chi connectivity index (χ4n) is 7.56. The van der Waals surface area contributed by atoms with Crippen molar-refractivity contribution < 1.29 is 9.59 Å². The van der Waals surface area contributed by atoms with Gasteiger partial charge in [-0.3, -0.25) is 4.98 Å². The molecule has 0 amide bonds. The molecule has 5 atom stereocenters. The second kappa shape index (κ2) is 8.79. The third-order valence-electron chi connectivity index (χ3n) is 9.40. The highest BCUT2D eigenvalue weighted by Gasteiger charge is 2.54. The van der Waals surface area contributed by atoms with Crippen molar-refractivity contribution in [3.8, 4) is 0 Å². The Labute approximate surface area is 218 Å². The zero-order chi connectivity index (χ0) is 25.0. The van der Waals surface area contributed by atoms with E-state index in [1.54, 1.807) is 0 Å². The number of aromatic nitrogens is 1. The first-order valence-electron chi connectivity index (χ1n) is 13.6. The summed E-state index contributed by atoms with van der Waals surface area (Å²) in [6.45, 7) is 7.28. The number of hydrogen-bond donors (Lipinski definition) is 1. The van der Waals surface area contributed by atoms with Crippen LogP contribution in [0.1, 0.15) is 30.1 Å². The van der Waals surface area contributed by atoms with Crippen LogP contribution >= 0.6 is 0 Å². The number of quaternary nitrogens is 1. The topological polar surface area (TPSA) is 33.1 Å². The molecule has 0 radical (unpaired) electrons. The Morgan fingerprint density at radius 1 is 0.919 bits per heavy atom. The van der Waals surface area contributed by atoms with E-state index in [1.165, 1.54) is 33.5 Å². The number of aliphatic hydroxyl groups excluding tert-OH is 1. The first-order chi connectivity index (χ1) is 18.2. The number of aliphatic hydroxyl groups is 1. The summed E-state index contributed by atoms with van der Waals surface area (Å²) < 4.78 is 0.906. The molecule has 2 bridgehead atoms. The summed E-state index contributed by atoms with van der Waals surface area (Å²) in [5, 5.41) is 18.4. The molecule has 0 saturated carbocycles. The fraction of sp³-hybridized carbons (Fsp3) is 0.265. The molecule has 3 saturated heterocycles. The van der Waals surface area contributed by atoms with Gasteiger partial charge in [0.25, 0.3) is 0 Å². The summed E-state index contributed by atoms with van der Waals surface area (Å²) in [6.07, 6.45) is 5.72. The van der Waals surface area contributed by atoms with Gasteiger partial charge in [-0.25, -0.2) is 0 Å². The maximum Gasteiger partial charge on any atom is 0.131 e. The van der Waals surface area contributed by atoms with E-state index in [9.17, 15) is 5.11 Å². The van der Waals surface area contributed by atoms with E-state index in [0.29, 0.717) is 11.8 Å². The van der Waals surface area contributed by atoms with Gasteiger partial charge in [-0.1, -0.05) is 72.8 Å². The molecule has 2 unspecified atom stereocenters. The highest BCUT2D eigenvalue weighted by Crippen LogP contribution is 2.49. The fourth-order valence-corrected chi connectivity index (χ4v) is 7.56. The van der Waals surface area contributed by atoms with Gasteiger partial charge in [-0.05, 0) is 51.2 Å². The zero-order valence-electron chi connectivity index (χ0n) is 21.1. The van der Waals surface area contributed by atoms with Crippen molar-refractivity contribution in [2.45, 2.75) is 31.5 Å². The lowest BCUT2D eigenvalue weighted by Crippen LogP contribution is -2.67. The minimum Gasteiger partial charge on any atom is -0.382 e. The van der Waals surface area contributed by atoms with Crippen LogP contribution < -0.4 is 0 Å². The van der Waals surface area contributed by atoms with Crippen LogP contribution in [0.5, 0.6) is 0 Å². The van der Waals surface area contributed by atoms with Gasteiger partial charge < -0.3 is 9.59 Å². The Hall–Kier alpha value is -3.53. The molecular formula is C34H33N2O+. The van der Waals surface area contributed by atoms with Gasteiger partial charge in [0.1, 0.15) is 18.7 Å². The van der Waals surface area contributed by atoms with Crippen molar-refractivity contribution in [1.82, 2.24) is 4.98 Å². The van der Waals surface area contributed by atoms with E-state index in [2.05, 4.69) is 78.3 Å². The normalized spacial score (nSPS) is 26.0. The first kappa shape index (κ1) is 22.7. The molecule has 3 aliphatic heterocycles. The number of para-hydroxylation sites is 1. The van der Waals surface area contributed by atoms with Crippen molar-refractivity contribution in [2.24, 2.45) is 11.8 Å². The number of piperidine rings is 3. The summed E-state index contributed by atoms with van der Waals surface area (Å²) in [5.74, 6) is 1.09. The summed E-state index contributed by atoms with van der Waals surface area (Å²) in [5.41, 5.74) is 3.37. The molecule has 1 aromatic heterocycles. The first-order valence-corrected chi connectivity index (χ1v) is 13.6. The maximum absolute atomic E-state index is 12.1. The Balaban J connectivity index is 1.39. The smallest absolute Gasteiger partial charge is 0.131 e. The van der Waals surface area contributed by atoms with E-state index in [1.807, 2.05) is 30.5 Å². The van der Waals surface area contributed by atoms with Gasteiger partial charge in [0.05, 0.1) is 18.6 Å². The molecule has 184 valence electrons. The van der Waals surface area contributed by atoms with Crippen LogP contribution in [-0.2, 0) is 6.54 Å². The van der Waals surface area contributed by atoms with Crippen LogP contribution in [0.25, 0.3) is 32.4 Å². The van der Waals surface area contributed by atoms with Gasteiger partial charge >= 0.3 is 0 Å². The van der Waals surface area contributed by atoms with E-state index in [4.69, 9.17) is 0 Å². The monoisotopic (exact) mass is 485 g/mol. The standard InChI is InChI=1S/C34H33N2O/c1-2-23-21-36(22-31-27-11-5-3-9-25(27)19-26-10-4-6-12-28(26)31)18-16-24(23)20-33(36)34(37)30-15-17-35-32-14-8-7-13-29(30)32/h2-15,17,19,23-24,33-34,37H,1,16,18,20-22H2/q+1/t23-,24?,33+,34+,36?/m0/s1. The summed E-state index contributed by atoms with van der Waals surface area (Å²) in [6, 6.07) is 30.3. The van der Waals surface area contributed by atoms with Crippen LogP contribution in [0.15, 0.2) is 104 Å². The molecule has 1 N–H and O–H groups in total. The lowest BCUT2D eigenvalue weighted by Gasteiger charge is -2.58. The number of fused-ring (bicyclic) bond motifs is 6. The van der Waals surface area contributed by atoms with Gasteiger partial charge in [-0.15, -0.1) is 6.58 Å². The molecule has 5 aromatic rings. The molecule has 37 heavy (non-hydrogen) atoms. The number of hydrogen-bond acceptors (Lipinski definition) is 2. The van der Waals surface area contributed by atoms with Crippen molar-refractivity contribution in [3.05, 3.63) is 115 Å². The summed E-state index contributed by atoms with van der Waals surface area (Å²) in [7, 11) is 0. The molecule has 3 nitrogen and oxygen atoms in total. The lowest BCUT2D eigenvalue weighted by molar-refractivity contribution is -0.984. The Bertz CT molecular complexity index is 1580. The SMILES string of the molecule is C=C[C@H]1C[N+]2(Cc3c4ccccc4cc4ccccc34)CCC1C[C@@H]2[C@H](O)c1ccnc2ccccc12. The predicted molar refractivity (Wildman–Crippen MR) is 152 cm³/mol. The Morgan fingerprint density at radius 3 is 2.32 bits per heavy atom. The van der Waals surface area contributed by atoms with E-state index in [0.717, 1.165) is 47.0 Å². The van der Waals surface area contributed by atoms with Crippen LogP contribution in [0.4, 0.5) is 0 Å². The highest BCUT2D eigenvalue weighted by molar-refractivity contribution is 6.02. The van der Waals surface area contributed by atoms with Crippen LogP contribution in [-0.4, -0.2) is 33.7 Å². The average molecular weight is 486 g/mol. The van der Waals surface area contributed by atoms with Gasteiger partial charge in [0.2, 0.25) is 0 Å². The molecule has 3 fully saturated rings. The van der Waals surface area contributed by atoms with Crippen LogP contribution in [0.3, 0.4) is 0 Å². The van der Waals surface area contributed by atoms with Gasteiger partial charge in [0, 0.05) is 35.9 Å². The summed E-state index contributed by atoms with van der Waals surface area (Å²) >= 11 is 0. The van der Waals surface area contributed by atoms with Crippen LogP contribution in [0.2, 0.25) is 0 Å². The van der Waals surface area contributed by atoms with Gasteiger partial charge in [-0.2, -0.15) is 0 Å². The third kappa shape index (κ3) is 3.60. The molecule has 0 aliphatic carbocycles. The average Bonchev–Trinajstić information content (AvgIpc) is 2.96. The van der Waals surface area contributed by atoms with Crippen molar-refractivity contribution in [1.29, 1.82) is 0 Å². The molecule has 4 aromatic carbocycles. The minimum atomic E-state index is -0.539. The number of benzene rings is 4.